The Labute approximate surface area is 151 Å². The number of H-pyrrole nitrogens is 1. The van der Waals surface area contributed by atoms with Crippen molar-refractivity contribution in [3.05, 3.63) is 70.5 Å². The number of pyridine rings is 1. The van der Waals surface area contributed by atoms with E-state index in [1.165, 1.54) is 6.07 Å². The number of anilines is 2. The molecular formula is C21H21N3O2. The fourth-order valence-electron chi connectivity index (χ4n) is 3.70. The highest BCUT2D eigenvalue weighted by Gasteiger charge is 2.28. The summed E-state index contributed by atoms with van der Waals surface area (Å²) in [6.07, 6.45) is 0. The molecule has 132 valence electrons. The van der Waals surface area contributed by atoms with Gasteiger partial charge in [-0.25, -0.2) is 0 Å². The second-order valence-electron chi connectivity index (χ2n) is 6.98. The molecule has 1 aliphatic heterocycles. The summed E-state index contributed by atoms with van der Waals surface area (Å²) < 4.78 is 0. The van der Waals surface area contributed by atoms with E-state index in [-0.39, 0.29) is 11.3 Å². The molecule has 0 saturated carbocycles. The number of fused-ring (bicyclic) bond motifs is 2. The van der Waals surface area contributed by atoms with Crippen molar-refractivity contribution in [1.82, 2.24) is 4.98 Å². The monoisotopic (exact) mass is 347 g/mol. The molecule has 0 aliphatic carbocycles. The molecular weight excluding hydrogens is 326 g/mol. The van der Waals surface area contributed by atoms with Crippen molar-refractivity contribution < 1.29 is 4.79 Å². The molecule has 4 rings (SSSR count). The smallest absolute Gasteiger partial charge is 0.274 e. The van der Waals surface area contributed by atoms with Crippen molar-refractivity contribution in [1.29, 1.82) is 0 Å². The maximum Gasteiger partial charge on any atom is 0.274 e. The third-order valence-electron chi connectivity index (χ3n) is 4.88. The summed E-state index contributed by atoms with van der Waals surface area (Å²) in [4.78, 5) is 32.8. The van der Waals surface area contributed by atoms with E-state index in [1.807, 2.05) is 49.5 Å². The first kappa shape index (κ1) is 16.4. The van der Waals surface area contributed by atoms with Gasteiger partial charge in [-0.2, -0.15) is 0 Å². The van der Waals surface area contributed by atoms with Gasteiger partial charge in [0.1, 0.15) is 5.69 Å². The lowest BCUT2D eigenvalue weighted by Gasteiger charge is -2.24. The maximum atomic E-state index is 13.3. The fourth-order valence-corrected chi connectivity index (χ4v) is 3.70. The van der Waals surface area contributed by atoms with E-state index in [1.54, 1.807) is 11.0 Å². The van der Waals surface area contributed by atoms with Crippen LogP contribution in [0.1, 0.15) is 17.4 Å². The van der Waals surface area contributed by atoms with Gasteiger partial charge in [0.2, 0.25) is 0 Å². The molecule has 1 amide bonds. The molecule has 0 spiro atoms. The van der Waals surface area contributed by atoms with E-state index in [0.29, 0.717) is 29.1 Å². The second kappa shape index (κ2) is 6.33. The van der Waals surface area contributed by atoms with E-state index in [2.05, 4.69) is 16.8 Å². The van der Waals surface area contributed by atoms with Crippen molar-refractivity contribution in [2.24, 2.45) is 5.92 Å². The molecule has 2 aromatic carbocycles. The first-order valence-electron chi connectivity index (χ1n) is 8.78. The highest BCUT2D eigenvalue weighted by Crippen LogP contribution is 2.33. The first-order chi connectivity index (χ1) is 12.5. The molecule has 1 aliphatic rings. The van der Waals surface area contributed by atoms with Gasteiger partial charge in [0.25, 0.3) is 5.91 Å². The van der Waals surface area contributed by atoms with Crippen molar-refractivity contribution in [2.45, 2.75) is 6.92 Å². The van der Waals surface area contributed by atoms with Crippen LogP contribution < -0.4 is 15.2 Å². The molecule has 26 heavy (non-hydrogen) atoms. The molecule has 0 saturated heterocycles. The predicted molar refractivity (Wildman–Crippen MR) is 105 cm³/mol. The highest BCUT2D eigenvalue weighted by molar-refractivity contribution is 6.07. The minimum atomic E-state index is -0.178. The second-order valence-corrected chi connectivity index (χ2v) is 6.98. The number of hydrogen-bond donors (Lipinski definition) is 1. The minimum Gasteiger partial charge on any atom is -0.373 e. The van der Waals surface area contributed by atoms with Gasteiger partial charge < -0.3 is 14.8 Å². The number of rotatable bonds is 1. The van der Waals surface area contributed by atoms with Gasteiger partial charge in [-0.3, -0.25) is 9.59 Å². The zero-order valence-electron chi connectivity index (χ0n) is 14.9. The Balaban J connectivity index is 1.82. The first-order valence-corrected chi connectivity index (χ1v) is 8.78. The number of aromatic amines is 1. The number of hydrogen-bond acceptors (Lipinski definition) is 3. The van der Waals surface area contributed by atoms with Gasteiger partial charge in [-0.15, -0.1) is 0 Å². The maximum absolute atomic E-state index is 13.3. The lowest BCUT2D eigenvalue weighted by atomic mass is 10.1. The average molecular weight is 347 g/mol. The van der Waals surface area contributed by atoms with Crippen LogP contribution in [0.2, 0.25) is 0 Å². The summed E-state index contributed by atoms with van der Waals surface area (Å²) in [5, 5.41) is 0.591. The molecule has 1 aromatic heterocycles. The molecule has 5 heteroatoms. The Hall–Kier alpha value is -3.08. The average Bonchev–Trinajstić information content (AvgIpc) is 2.77. The van der Waals surface area contributed by atoms with Gasteiger partial charge in [0.15, 0.2) is 5.43 Å². The number of carbonyl (C=O) groups excluding carboxylic acids is 1. The van der Waals surface area contributed by atoms with Crippen LogP contribution in [0.15, 0.2) is 59.4 Å². The summed E-state index contributed by atoms with van der Waals surface area (Å²) in [7, 11) is 2.04. The lowest BCUT2D eigenvalue weighted by molar-refractivity contribution is 0.0980. The van der Waals surface area contributed by atoms with Crippen molar-refractivity contribution in [3.63, 3.8) is 0 Å². The van der Waals surface area contributed by atoms with Gasteiger partial charge in [0, 0.05) is 37.1 Å². The quantitative estimate of drug-likeness (QED) is 0.735. The Morgan fingerprint density at radius 2 is 1.73 bits per heavy atom. The van der Waals surface area contributed by atoms with Gasteiger partial charge >= 0.3 is 0 Å². The Bertz CT molecular complexity index is 1040. The minimum absolute atomic E-state index is 0.143. The van der Waals surface area contributed by atoms with Crippen molar-refractivity contribution in [3.8, 4) is 0 Å². The van der Waals surface area contributed by atoms with Crippen LogP contribution in [-0.2, 0) is 0 Å². The highest BCUT2D eigenvalue weighted by atomic mass is 16.2. The summed E-state index contributed by atoms with van der Waals surface area (Å²) >= 11 is 0. The van der Waals surface area contributed by atoms with E-state index in [4.69, 9.17) is 0 Å². The topological polar surface area (TPSA) is 56.4 Å². The molecule has 0 bridgehead atoms. The Kier molecular flexibility index (Phi) is 3.99. The number of carbonyl (C=O) groups is 1. The third kappa shape index (κ3) is 2.75. The van der Waals surface area contributed by atoms with Crippen LogP contribution in [0.25, 0.3) is 10.9 Å². The number of benzene rings is 2. The normalized spacial score (nSPS) is 17.1. The summed E-state index contributed by atoms with van der Waals surface area (Å²) in [5.74, 6) is 0.131. The standard InChI is InChI=1S/C21H21N3O2/c1-14-12-23(2)18-9-5-6-10-19(18)24(13-14)21(26)17-11-20(25)15-7-3-4-8-16(15)22-17/h3-11,14H,12-13H2,1-2H3,(H,22,25)/t14-/m1/s1. The van der Waals surface area contributed by atoms with Crippen LogP contribution in [0.4, 0.5) is 11.4 Å². The van der Waals surface area contributed by atoms with Crippen molar-refractivity contribution >= 4 is 28.2 Å². The molecule has 1 N–H and O–H groups in total. The summed E-state index contributed by atoms with van der Waals surface area (Å²) in [6, 6.07) is 16.6. The Morgan fingerprint density at radius 3 is 2.54 bits per heavy atom. The zero-order chi connectivity index (χ0) is 18.3. The van der Waals surface area contributed by atoms with Crippen LogP contribution in [-0.4, -0.2) is 31.0 Å². The largest absolute Gasteiger partial charge is 0.373 e. The number of para-hydroxylation sites is 3. The third-order valence-corrected chi connectivity index (χ3v) is 4.88. The SMILES string of the molecule is C[C@@H]1CN(C)c2ccccc2N(C(=O)c2cc(=O)c3ccccc3[nH]2)C1. The van der Waals surface area contributed by atoms with Crippen molar-refractivity contribution in [2.75, 3.05) is 29.9 Å². The summed E-state index contributed by atoms with van der Waals surface area (Å²) in [6.45, 7) is 3.61. The number of nitrogens with zero attached hydrogens (tertiary/aromatic N) is 2. The van der Waals surface area contributed by atoms with E-state index in [9.17, 15) is 9.59 Å². The lowest BCUT2D eigenvalue weighted by Crippen LogP contribution is -2.35. The molecule has 2 heterocycles. The van der Waals surface area contributed by atoms with Crippen LogP contribution in [0, 0.1) is 5.92 Å². The van der Waals surface area contributed by atoms with E-state index < -0.39 is 0 Å². The van der Waals surface area contributed by atoms with Crippen LogP contribution in [0.5, 0.6) is 0 Å². The molecule has 3 aromatic rings. The van der Waals surface area contributed by atoms with Gasteiger partial charge in [0.05, 0.1) is 11.4 Å². The van der Waals surface area contributed by atoms with Gasteiger partial charge in [-0.1, -0.05) is 31.2 Å². The van der Waals surface area contributed by atoms with Gasteiger partial charge in [-0.05, 0) is 30.2 Å². The molecule has 0 fully saturated rings. The molecule has 5 nitrogen and oxygen atoms in total. The fraction of sp³-hybridized carbons (Fsp3) is 0.238. The Morgan fingerprint density at radius 1 is 1.04 bits per heavy atom. The number of nitrogens with one attached hydrogen (secondary N) is 1. The molecule has 1 atom stereocenters. The van der Waals surface area contributed by atoms with Crippen LogP contribution in [0.3, 0.4) is 0 Å². The number of aromatic nitrogens is 1. The molecule has 0 radical (unpaired) electrons. The molecule has 0 unspecified atom stereocenters. The zero-order valence-corrected chi connectivity index (χ0v) is 14.9. The predicted octanol–water partition coefficient (Wildman–Crippen LogP) is 3.26. The van der Waals surface area contributed by atoms with E-state index in [0.717, 1.165) is 17.9 Å². The number of amides is 1. The van der Waals surface area contributed by atoms with Crippen LogP contribution >= 0.6 is 0 Å². The summed E-state index contributed by atoms with van der Waals surface area (Å²) in [5.41, 5.74) is 2.75. The van der Waals surface area contributed by atoms with E-state index >= 15 is 0 Å².